The Bertz CT molecular complexity index is 247. The molecule has 0 saturated heterocycles. The lowest BCUT2D eigenvalue weighted by molar-refractivity contribution is -0.137. The molecule has 0 atom stereocenters. The van der Waals surface area contributed by atoms with Crippen LogP contribution in [0, 0.1) is 0 Å². The number of nitrogens with one attached hydrogen (secondary N) is 1. The fraction of sp³-hybridized carbons (Fsp3) is 0.857. The number of carbonyl (C=O) groups is 1. The van der Waals surface area contributed by atoms with E-state index >= 15 is 0 Å². The van der Waals surface area contributed by atoms with Gasteiger partial charge in [-0.05, 0) is 13.0 Å². The SMILES string of the molecule is CS(=O)(=O)CCNCCCC(=O)O. The molecule has 0 aliphatic heterocycles. The molecule has 0 aromatic heterocycles. The Morgan fingerprint density at radius 2 is 2.00 bits per heavy atom. The van der Waals surface area contributed by atoms with Crippen molar-refractivity contribution in [3.05, 3.63) is 0 Å². The molecule has 0 fully saturated rings. The second-order valence-corrected chi connectivity index (χ2v) is 5.14. The van der Waals surface area contributed by atoms with Gasteiger partial charge in [-0.15, -0.1) is 0 Å². The molecule has 0 heterocycles. The quantitative estimate of drug-likeness (QED) is 0.551. The average molecular weight is 209 g/mol. The Morgan fingerprint density at radius 3 is 2.46 bits per heavy atom. The van der Waals surface area contributed by atoms with Gasteiger partial charge < -0.3 is 10.4 Å². The van der Waals surface area contributed by atoms with E-state index in [1.807, 2.05) is 0 Å². The fourth-order valence-corrected chi connectivity index (χ4v) is 1.26. The Kier molecular flexibility index (Phi) is 5.65. The summed E-state index contributed by atoms with van der Waals surface area (Å²) in [5.74, 6) is -0.731. The first-order valence-electron chi connectivity index (χ1n) is 4.02. The Morgan fingerprint density at radius 1 is 1.38 bits per heavy atom. The maximum absolute atomic E-state index is 10.6. The van der Waals surface area contributed by atoms with Crippen molar-refractivity contribution in [1.29, 1.82) is 0 Å². The molecule has 0 radical (unpaired) electrons. The van der Waals surface area contributed by atoms with Gasteiger partial charge in [-0.25, -0.2) is 8.42 Å². The van der Waals surface area contributed by atoms with Crippen molar-refractivity contribution in [2.75, 3.05) is 25.1 Å². The Hall–Kier alpha value is -0.620. The van der Waals surface area contributed by atoms with Gasteiger partial charge in [0.25, 0.3) is 0 Å². The van der Waals surface area contributed by atoms with E-state index in [4.69, 9.17) is 5.11 Å². The van der Waals surface area contributed by atoms with Crippen LogP contribution in [-0.2, 0) is 14.6 Å². The second-order valence-electron chi connectivity index (χ2n) is 2.88. The van der Waals surface area contributed by atoms with Gasteiger partial charge in [0.2, 0.25) is 0 Å². The van der Waals surface area contributed by atoms with E-state index in [0.29, 0.717) is 19.5 Å². The number of carboxylic acid groups (broad SMARTS) is 1. The van der Waals surface area contributed by atoms with E-state index in [-0.39, 0.29) is 12.2 Å². The lowest BCUT2D eigenvalue weighted by Crippen LogP contribution is -2.23. The van der Waals surface area contributed by atoms with Crippen LogP contribution in [0.25, 0.3) is 0 Å². The minimum Gasteiger partial charge on any atom is -0.481 e. The lowest BCUT2D eigenvalue weighted by atomic mass is 10.3. The molecule has 0 amide bonds. The summed E-state index contributed by atoms with van der Waals surface area (Å²) >= 11 is 0. The van der Waals surface area contributed by atoms with Gasteiger partial charge in [0.05, 0.1) is 5.75 Å². The highest BCUT2D eigenvalue weighted by atomic mass is 32.2. The maximum Gasteiger partial charge on any atom is 0.303 e. The summed E-state index contributed by atoms with van der Waals surface area (Å²) < 4.78 is 21.3. The standard InChI is InChI=1S/C7H15NO4S/c1-13(11,12)6-5-8-4-2-3-7(9)10/h8H,2-6H2,1H3,(H,9,10). The fourth-order valence-electron chi connectivity index (χ4n) is 0.747. The lowest BCUT2D eigenvalue weighted by Gasteiger charge is -2.01. The molecule has 0 saturated carbocycles. The van der Waals surface area contributed by atoms with Crippen LogP contribution in [0.4, 0.5) is 0 Å². The molecule has 0 rings (SSSR count). The summed E-state index contributed by atoms with van der Waals surface area (Å²) in [4.78, 5) is 10.1. The van der Waals surface area contributed by atoms with Gasteiger partial charge in [0, 0.05) is 19.2 Å². The average Bonchev–Trinajstić information content (AvgIpc) is 1.93. The van der Waals surface area contributed by atoms with Crippen molar-refractivity contribution >= 4 is 15.8 Å². The summed E-state index contributed by atoms with van der Waals surface area (Å²) in [7, 11) is -2.91. The molecule has 78 valence electrons. The van der Waals surface area contributed by atoms with Gasteiger partial charge >= 0.3 is 5.97 Å². The van der Waals surface area contributed by atoms with Crippen LogP contribution in [0.3, 0.4) is 0 Å². The number of hydrogen-bond donors (Lipinski definition) is 2. The molecule has 0 spiro atoms. The zero-order valence-corrected chi connectivity index (χ0v) is 8.43. The number of carboxylic acids is 1. The van der Waals surface area contributed by atoms with Gasteiger partial charge in [-0.3, -0.25) is 4.79 Å². The third-order valence-electron chi connectivity index (χ3n) is 1.39. The molecule has 0 aromatic carbocycles. The van der Waals surface area contributed by atoms with E-state index in [1.54, 1.807) is 0 Å². The van der Waals surface area contributed by atoms with E-state index in [2.05, 4.69) is 5.32 Å². The molecule has 0 bridgehead atoms. The summed E-state index contributed by atoms with van der Waals surface area (Å²) in [6.45, 7) is 0.931. The summed E-state index contributed by atoms with van der Waals surface area (Å²) in [5.41, 5.74) is 0. The number of rotatable bonds is 7. The van der Waals surface area contributed by atoms with Crippen molar-refractivity contribution in [2.24, 2.45) is 0 Å². The smallest absolute Gasteiger partial charge is 0.303 e. The highest BCUT2D eigenvalue weighted by molar-refractivity contribution is 7.90. The number of aliphatic carboxylic acids is 1. The molecule has 13 heavy (non-hydrogen) atoms. The van der Waals surface area contributed by atoms with Gasteiger partial charge in [0.15, 0.2) is 0 Å². The Balaban J connectivity index is 3.23. The molecule has 5 nitrogen and oxygen atoms in total. The first kappa shape index (κ1) is 12.4. The molecular formula is C7H15NO4S. The van der Waals surface area contributed by atoms with Crippen LogP contribution in [0.15, 0.2) is 0 Å². The third-order valence-corrected chi connectivity index (χ3v) is 2.34. The van der Waals surface area contributed by atoms with Crippen molar-refractivity contribution in [2.45, 2.75) is 12.8 Å². The van der Waals surface area contributed by atoms with Gasteiger partial charge in [-0.2, -0.15) is 0 Å². The van der Waals surface area contributed by atoms with Gasteiger partial charge in [0.1, 0.15) is 9.84 Å². The normalized spacial score (nSPS) is 11.5. The predicted molar refractivity (Wildman–Crippen MR) is 49.5 cm³/mol. The van der Waals surface area contributed by atoms with Crippen LogP contribution in [0.1, 0.15) is 12.8 Å². The minimum absolute atomic E-state index is 0.0973. The van der Waals surface area contributed by atoms with E-state index in [9.17, 15) is 13.2 Å². The summed E-state index contributed by atoms with van der Waals surface area (Å²) in [5, 5.41) is 11.1. The van der Waals surface area contributed by atoms with Crippen molar-refractivity contribution < 1.29 is 18.3 Å². The largest absolute Gasteiger partial charge is 0.481 e. The number of sulfone groups is 1. The van der Waals surface area contributed by atoms with Crippen LogP contribution < -0.4 is 5.32 Å². The monoisotopic (exact) mass is 209 g/mol. The third kappa shape index (κ3) is 11.4. The predicted octanol–water partition coefficient (Wildman–Crippen LogP) is -0.515. The molecule has 0 aliphatic rings. The van der Waals surface area contributed by atoms with Crippen molar-refractivity contribution in [3.8, 4) is 0 Å². The minimum atomic E-state index is -2.91. The summed E-state index contributed by atoms with van der Waals surface area (Å²) in [6, 6.07) is 0. The second kappa shape index (κ2) is 5.93. The zero-order valence-electron chi connectivity index (χ0n) is 7.62. The maximum atomic E-state index is 10.6. The number of hydrogen-bond acceptors (Lipinski definition) is 4. The van der Waals surface area contributed by atoms with Crippen LogP contribution in [0.2, 0.25) is 0 Å². The van der Waals surface area contributed by atoms with E-state index in [0.717, 1.165) is 0 Å². The highest BCUT2D eigenvalue weighted by Crippen LogP contribution is 1.86. The first-order valence-corrected chi connectivity index (χ1v) is 6.08. The molecule has 0 unspecified atom stereocenters. The first-order chi connectivity index (χ1) is 5.92. The zero-order chi connectivity index (χ0) is 10.3. The van der Waals surface area contributed by atoms with Crippen molar-refractivity contribution in [3.63, 3.8) is 0 Å². The molecular weight excluding hydrogens is 194 g/mol. The molecule has 2 N–H and O–H groups in total. The van der Waals surface area contributed by atoms with E-state index < -0.39 is 15.8 Å². The Labute approximate surface area is 78.1 Å². The molecule has 0 aliphatic carbocycles. The van der Waals surface area contributed by atoms with Crippen LogP contribution in [0.5, 0.6) is 0 Å². The van der Waals surface area contributed by atoms with E-state index in [1.165, 1.54) is 6.26 Å². The summed E-state index contributed by atoms with van der Waals surface area (Å²) in [6.07, 6.45) is 1.82. The van der Waals surface area contributed by atoms with Crippen LogP contribution in [-0.4, -0.2) is 44.6 Å². The highest BCUT2D eigenvalue weighted by Gasteiger charge is 2.00. The van der Waals surface area contributed by atoms with Crippen LogP contribution >= 0.6 is 0 Å². The topological polar surface area (TPSA) is 83.5 Å². The molecule has 0 aromatic rings. The van der Waals surface area contributed by atoms with Gasteiger partial charge in [-0.1, -0.05) is 0 Å². The molecule has 6 heteroatoms. The van der Waals surface area contributed by atoms with Crippen molar-refractivity contribution in [1.82, 2.24) is 5.32 Å².